The maximum Gasteiger partial charge on any atom is 0.159 e. The van der Waals surface area contributed by atoms with Gasteiger partial charge in [0, 0.05) is 24.1 Å². The predicted octanol–water partition coefficient (Wildman–Crippen LogP) is 3.19. The number of rotatable bonds is 3. The first-order valence-corrected chi connectivity index (χ1v) is 5.77. The Labute approximate surface area is 109 Å². The molecule has 0 fully saturated rings. The zero-order valence-electron chi connectivity index (χ0n) is 10.3. The minimum absolute atomic E-state index is 0.320. The molecule has 0 atom stereocenters. The number of hydrogen-bond donors (Lipinski definition) is 0. The van der Waals surface area contributed by atoms with E-state index in [1.165, 1.54) is 6.07 Å². The number of nitrogens with zero attached hydrogens (tertiary/aromatic N) is 3. The molecule has 0 unspecified atom stereocenters. The third-order valence-electron chi connectivity index (χ3n) is 2.58. The van der Waals surface area contributed by atoms with Crippen LogP contribution in [0.5, 0.6) is 0 Å². The lowest BCUT2D eigenvalue weighted by Gasteiger charge is -2.05. The summed E-state index contributed by atoms with van der Waals surface area (Å²) in [5.74, 6) is -1.27. The van der Waals surface area contributed by atoms with Crippen molar-refractivity contribution in [3.8, 4) is 17.3 Å². The highest BCUT2D eigenvalue weighted by Crippen LogP contribution is 2.20. The molecule has 0 saturated carbocycles. The number of benzene rings is 1. The molecule has 0 radical (unpaired) electrons. The van der Waals surface area contributed by atoms with Crippen LogP contribution >= 0.6 is 0 Å². The summed E-state index contributed by atoms with van der Waals surface area (Å²) in [5, 5.41) is 8.55. The van der Waals surface area contributed by atoms with Gasteiger partial charge in [-0.25, -0.2) is 18.7 Å². The van der Waals surface area contributed by atoms with E-state index in [4.69, 9.17) is 5.26 Å². The van der Waals surface area contributed by atoms with Crippen molar-refractivity contribution in [3.63, 3.8) is 0 Å². The van der Waals surface area contributed by atoms with Crippen molar-refractivity contribution in [3.05, 3.63) is 47.4 Å². The van der Waals surface area contributed by atoms with Gasteiger partial charge in [-0.1, -0.05) is 0 Å². The van der Waals surface area contributed by atoms with Crippen LogP contribution < -0.4 is 0 Å². The molecule has 0 aliphatic heterocycles. The average molecular weight is 259 g/mol. The molecule has 0 spiro atoms. The highest BCUT2D eigenvalue weighted by atomic mass is 19.2. The zero-order valence-corrected chi connectivity index (χ0v) is 10.3. The van der Waals surface area contributed by atoms with E-state index in [0.717, 1.165) is 17.8 Å². The van der Waals surface area contributed by atoms with E-state index in [0.29, 0.717) is 29.9 Å². The van der Waals surface area contributed by atoms with Gasteiger partial charge in [-0.3, -0.25) is 0 Å². The molecule has 0 amide bonds. The molecule has 1 aromatic carbocycles. The van der Waals surface area contributed by atoms with Gasteiger partial charge < -0.3 is 0 Å². The van der Waals surface area contributed by atoms with Crippen LogP contribution in [0.3, 0.4) is 0 Å². The van der Waals surface area contributed by atoms with E-state index in [2.05, 4.69) is 9.97 Å². The fourth-order valence-corrected chi connectivity index (χ4v) is 1.71. The van der Waals surface area contributed by atoms with E-state index < -0.39 is 11.6 Å². The Morgan fingerprint density at radius 1 is 1.16 bits per heavy atom. The maximum absolute atomic E-state index is 13.2. The van der Waals surface area contributed by atoms with Gasteiger partial charge >= 0.3 is 0 Å². The Kier molecular flexibility index (Phi) is 3.81. The van der Waals surface area contributed by atoms with Crippen molar-refractivity contribution in [2.75, 3.05) is 0 Å². The molecule has 96 valence electrons. The van der Waals surface area contributed by atoms with Gasteiger partial charge in [0.2, 0.25) is 0 Å². The molecule has 19 heavy (non-hydrogen) atoms. The topological polar surface area (TPSA) is 49.6 Å². The van der Waals surface area contributed by atoms with E-state index >= 15 is 0 Å². The van der Waals surface area contributed by atoms with E-state index in [1.807, 2.05) is 6.07 Å². The molecule has 3 nitrogen and oxygen atoms in total. The first kappa shape index (κ1) is 13.1. The number of aryl methyl sites for hydroxylation is 2. The minimum Gasteiger partial charge on any atom is -0.238 e. The summed E-state index contributed by atoms with van der Waals surface area (Å²) in [5.41, 5.74) is 1.74. The highest BCUT2D eigenvalue weighted by Gasteiger charge is 2.08. The fourth-order valence-electron chi connectivity index (χ4n) is 1.71. The Balaban J connectivity index is 2.41. The summed E-state index contributed by atoms with van der Waals surface area (Å²) in [4.78, 5) is 8.47. The second-order valence-electron chi connectivity index (χ2n) is 4.10. The average Bonchev–Trinajstić information content (AvgIpc) is 2.39. The zero-order chi connectivity index (χ0) is 13.8. The van der Waals surface area contributed by atoms with E-state index in [9.17, 15) is 8.78 Å². The minimum atomic E-state index is -0.910. The summed E-state index contributed by atoms with van der Waals surface area (Å²) < 4.78 is 26.1. The first-order chi connectivity index (χ1) is 9.10. The smallest absolute Gasteiger partial charge is 0.159 e. The lowest BCUT2D eigenvalue weighted by Crippen LogP contribution is -1.99. The Hall–Kier alpha value is -2.35. The maximum atomic E-state index is 13.2. The summed E-state index contributed by atoms with van der Waals surface area (Å²) in [6.07, 6.45) is 0.759. The number of hydrogen-bond acceptors (Lipinski definition) is 3. The first-order valence-electron chi connectivity index (χ1n) is 5.77. The monoisotopic (exact) mass is 259 g/mol. The van der Waals surface area contributed by atoms with Gasteiger partial charge in [0.1, 0.15) is 5.82 Å². The van der Waals surface area contributed by atoms with Crippen LogP contribution in [0.15, 0.2) is 24.3 Å². The fraction of sp³-hybridized carbons (Fsp3) is 0.214. The molecule has 0 aliphatic carbocycles. The van der Waals surface area contributed by atoms with Crippen molar-refractivity contribution < 1.29 is 8.78 Å². The molecule has 2 rings (SSSR count). The summed E-state index contributed by atoms with van der Waals surface area (Å²) >= 11 is 0. The third kappa shape index (κ3) is 3.10. The van der Waals surface area contributed by atoms with Crippen LogP contribution in [0.1, 0.15) is 17.9 Å². The predicted molar refractivity (Wildman–Crippen MR) is 66.1 cm³/mol. The highest BCUT2D eigenvalue weighted by molar-refractivity contribution is 5.59. The normalized spacial score (nSPS) is 10.2. The van der Waals surface area contributed by atoms with Crippen molar-refractivity contribution in [2.24, 2.45) is 0 Å². The number of halogens is 2. The third-order valence-corrected chi connectivity index (χ3v) is 2.58. The second kappa shape index (κ2) is 5.53. The number of nitriles is 1. The molecule has 0 N–H and O–H groups in total. The van der Waals surface area contributed by atoms with Crippen LogP contribution in [0.4, 0.5) is 8.78 Å². The molecule has 0 saturated heterocycles. The lowest BCUT2D eigenvalue weighted by molar-refractivity contribution is 0.509. The molecule has 0 bridgehead atoms. The second-order valence-corrected chi connectivity index (χ2v) is 4.10. The van der Waals surface area contributed by atoms with Crippen molar-refractivity contribution >= 4 is 0 Å². The molecule has 1 aromatic heterocycles. The molecular formula is C14H11F2N3. The molecule has 2 aromatic rings. The summed E-state index contributed by atoms with van der Waals surface area (Å²) in [6.45, 7) is 1.79. The van der Waals surface area contributed by atoms with Gasteiger partial charge in [0.15, 0.2) is 11.6 Å². The van der Waals surface area contributed by atoms with Gasteiger partial charge in [-0.05, 0) is 31.2 Å². The van der Waals surface area contributed by atoms with Crippen LogP contribution in [0.25, 0.3) is 11.3 Å². The van der Waals surface area contributed by atoms with Crippen molar-refractivity contribution in [1.82, 2.24) is 9.97 Å². The van der Waals surface area contributed by atoms with Crippen molar-refractivity contribution in [1.29, 1.82) is 5.26 Å². The Morgan fingerprint density at radius 3 is 2.63 bits per heavy atom. The molecule has 0 aliphatic rings. The van der Waals surface area contributed by atoms with Gasteiger partial charge in [0.05, 0.1) is 11.8 Å². The van der Waals surface area contributed by atoms with Gasteiger partial charge in [-0.2, -0.15) is 5.26 Å². The van der Waals surface area contributed by atoms with Crippen LogP contribution in [-0.4, -0.2) is 9.97 Å². The van der Waals surface area contributed by atoms with Gasteiger partial charge in [0.25, 0.3) is 0 Å². The SMILES string of the molecule is Cc1cc(-c2ccc(F)c(F)c2)nc(CCC#N)n1. The van der Waals surface area contributed by atoms with E-state index in [1.54, 1.807) is 13.0 Å². The lowest BCUT2D eigenvalue weighted by atomic mass is 10.1. The molecule has 1 heterocycles. The van der Waals surface area contributed by atoms with Crippen LogP contribution in [0, 0.1) is 29.9 Å². The summed E-state index contributed by atoms with van der Waals surface area (Å²) in [6, 6.07) is 7.35. The number of aromatic nitrogens is 2. The van der Waals surface area contributed by atoms with E-state index in [-0.39, 0.29) is 0 Å². The molecule has 5 heteroatoms. The summed E-state index contributed by atoms with van der Waals surface area (Å²) in [7, 11) is 0. The van der Waals surface area contributed by atoms with Crippen molar-refractivity contribution in [2.45, 2.75) is 19.8 Å². The Morgan fingerprint density at radius 2 is 1.95 bits per heavy atom. The Bertz CT molecular complexity index is 648. The quantitative estimate of drug-likeness (QED) is 0.850. The van der Waals surface area contributed by atoms with Crippen LogP contribution in [0.2, 0.25) is 0 Å². The van der Waals surface area contributed by atoms with Crippen LogP contribution in [-0.2, 0) is 6.42 Å². The molecular weight excluding hydrogens is 248 g/mol. The van der Waals surface area contributed by atoms with Gasteiger partial charge in [-0.15, -0.1) is 0 Å². The largest absolute Gasteiger partial charge is 0.238 e. The standard InChI is InChI=1S/C14H11F2N3/c1-9-7-13(19-14(18-9)3-2-6-17)10-4-5-11(15)12(16)8-10/h4-5,7-8H,2-3H2,1H3.